The number of ketones is 1. The number of rotatable bonds is 6. The van der Waals surface area contributed by atoms with Crippen molar-refractivity contribution in [3.63, 3.8) is 0 Å². The Morgan fingerprint density at radius 1 is 1.09 bits per heavy atom. The zero-order valence-electron chi connectivity index (χ0n) is 17.2. The fraction of sp³-hybridized carbons (Fsp3) is 0.304. The summed E-state index contributed by atoms with van der Waals surface area (Å²) in [6, 6.07) is 6.02. The van der Waals surface area contributed by atoms with E-state index in [4.69, 9.17) is 0 Å². The lowest BCUT2D eigenvalue weighted by atomic mass is 9.97. The fourth-order valence-corrected chi connectivity index (χ4v) is 4.14. The van der Waals surface area contributed by atoms with Crippen LogP contribution in [0.2, 0.25) is 0 Å². The van der Waals surface area contributed by atoms with Gasteiger partial charge in [-0.2, -0.15) is 8.78 Å². The lowest BCUT2D eigenvalue weighted by Crippen LogP contribution is -2.52. The molecule has 1 N–H and O–H groups in total. The van der Waals surface area contributed by atoms with Gasteiger partial charge in [0.2, 0.25) is 17.6 Å². The number of halogens is 4. The van der Waals surface area contributed by atoms with Crippen LogP contribution in [0.1, 0.15) is 46.3 Å². The van der Waals surface area contributed by atoms with Crippen LogP contribution < -0.4 is 5.32 Å². The number of nitrogens with one attached hydrogen (secondary N) is 1. The van der Waals surface area contributed by atoms with E-state index >= 15 is 0 Å². The molecule has 33 heavy (non-hydrogen) atoms. The summed E-state index contributed by atoms with van der Waals surface area (Å²) >= 11 is 0. The highest BCUT2D eigenvalue weighted by atomic mass is 19.3. The SMILES string of the molecule is O=C1CCC(N2Cc3cc(CCC(=O)C(F)(F)c4c(F)cccc4F)ccc3C2=O)C(=O)N1. The number of nitrogens with zero attached hydrogens (tertiary/aromatic N) is 1. The van der Waals surface area contributed by atoms with Gasteiger partial charge in [-0.1, -0.05) is 18.2 Å². The van der Waals surface area contributed by atoms with Crippen molar-refractivity contribution in [2.45, 2.75) is 44.2 Å². The van der Waals surface area contributed by atoms with Crippen molar-refractivity contribution in [3.05, 3.63) is 70.3 Å². The van der Waals surface area contributed by atoms with E-state index in [2.05, 4.69) is 5.32 Å². The molecule has 0 aliphatic carbocycles. The van der Waals surface area contributed by atoms with Crippen molar-refractivity contribution in [1.29, 1.82) is 0 Å². The van der Waals surface area contributed by atoms with Crippen molar-refractivity contribution in [2.24, 2.45) is 0 Å². The Labute approximate surface area is 185 Å². The average molecular weight is 462 g/mol. The third-order valence-corrected chi connectivity index (χ3v) is 5.86. The molecule has 2 aliphatic heterocycles. The summed E-state index contributed by atoms with van der Waals surface area (Å²) in [7, 11) is 0. The van der Waals surface area contributed by atoms with Crippen LogP contribution in [0.25, 0.3) is 0 Å². The van der Waals surface area contributed by atoms with E-state index in [1.165, 1.54) is 17.0 Å². The molecule has 0 aromatic heterocycles. The molecule has 0 bridgehead atoms. The maximum absolute atomic E-state index is 14.4. The van der Waals surface area contributed by atoms with Gasteiger partial charge in [-0.25, -0.2) is 8.78 Å². The standard InChI is InChI=1S/C23H18F4N2O4/c24-15-2-1-3-16(25)20(15)23(26,27)18(30)8-5-12-4-6-14-13(10-12)11-29(22(14)33)17-7-9-19(31)28-21(17)32/h1-4,6,10,17H,5,7-9,11H2,(H,28,31,32). The first-order valence-electron chi connectivity index (χ1n) is 10.2. The molecule has 2 aromatic rings. The van der Waals surface area contributed by atoms with Gasteiger partial charge in [-0.3, -0.25) is 24.5 Å². The normalized spacial score (nSPS) is 18.4. The minimum absolute atomic E-state index is 0.0961. The molecule has 4 rings (SSSR count). The number of piperidine rings is 1. The molecule has 3 amide bonds. The fourth-order valence-electron chi connectivity index (χ4n) is 4.14. The van der Waals surface area contributed by atoms with E-state index in [9.17, 15) is 36.7 Å². The third-order valence-electron chi connectivity index (χ3n) is 5.86. The summed E-state index contributed by atoms with van der Waals surface area (Å²) in [5.41, 5.74) is -0.200. The van der Waals surface area contributed by atoms with Crippen molar-refractivity contribution >= 4 is 23.5 Å². The number of carbonyl (C=O) groups is 4. The van der Waals surface area contributed by atoms with Crippen LogP contribution in [0.5, 0.6) is 0 Å². The topological polar surface area (TPSA) is 83.6 Å². The Balaban J connectivity index is 1.46. The van der Waals surface area contributed by atoms with Gasteiger partial charge in [-0.15, -0.1) is 0 Å². The predicted molar refractivity (Wildman–Crippen MR) is 106 cm³/mol. The molecular formula is C23H18F4N2O4. The number of imide groups is 1. The zero-order valence-corrected chi connectivity index (χ0v) is 17.2. The maximum atomic E-state index is 14.4. The number of Topliss-reactive ketones (excluding diaryl/α,β-unsaturated/α-hetero) is 1. The second kappa shape index (κ2) is 8.42. The predicted octanol–water partition coefficient (Wildman–Crippen LogP) is 3.02. The van der Waals surface area contributed by atoms with Crippen LogP contribution in [0.3, 0.4) is 0 Å². The van der Waals surface area contributed by atoms with Crippen LogP contribution in [0.15, 0.2) is 36.4 Å². The molecular weight excluding hydrogens is 444 g/mol. The molecule has 2 aromatic carbocycles. The lowest BCUT2D eigenvalue weighted by molar-refractivity contribution is -0.145. The number of amides is 3. The summed E-state index contributed by atoms with van der Waals surface area (Å²) in [4.78, 5) is 49.6. The third kappa shape index (κ3) is 4.12. The van der Waals surface area contributed by atoms with Crippen LogP contribution in [-0.4, -0.2) is 34.4 Å². The number of benzene rings is 2. The Bertz CT molecular complexity index is 1160. The zero-order chi connectivity index (χ0) is 23.9. The molecule has 2 aliphatic rings. The molecule has 2 heterocycles. The molecule has 0 saturated carbocycles. The first-order valence-corrected chi connectivity index (χ1v) is 10.2. The van der Waals surface area contributed by atoms with Gasteiger partial charge in [0.15, 0.2) is 0 Å². The van der Waals surface area contributed by atoms with E-state index in [0.717, 1.165) is 6.07 Å². The second-order valence-corrected chi connectivity index (χ2v) is 7.99. The first kappa shape index (κ1) is 22.6. The highest BCUT2D eigenvalue weighted by molar-refractivity contribution is 6.05. The number of hydrogen-bond donors (Lipinski definition) is 1. The number of fused-ring (bicyclic) bond motifs is 1. The molecule has 1 atom stereocenters. The second-order valence-electron chi connectivity index (χ2n) is 7.99. The molecule has 1 saturated heterocycles. The highest BCUT2D eigenvalue weighted by Crippen LogP contribution is 2.35. The summed E-state index contributed by atoms with van der Waals surface area (Å²) in [5.74, 6) is -10.3. The van der Waals surface area contributed by atoms with Gasteiger partial charge in [0, 0.05) is 24.9 Å². The molecule has 10 heteroatoms. The molecule has 172 valence electrons. The Morgan fingerprint density at radius 3 is 2.45 bits per heavy atom. The number of hydrogen-bond acceptors (Lipinski definition) is 4. The Hall–Kier alpha value is -3.56. The van der Waals surface area contributed by atoms with Crippen molar-refractivity contribution < 1.29 is 36.7 Å². The van der Waals surface area contributed by atoms with Gasteiger partial charge < -0.3 is 4.90 Å². The van der Waals surface area contributed by atoms with Gasteiger partial charge in [-0.05, 0) is 42.2 Å². The van der Waals surface area contributed by atoms with Crippen molar-refractivity contribution in [3.8, 4) is 0 Å². The molecule has 1 unspecified atom stereocenters. The summed E-state index contributed by atoms with van der Waals surface area (Å²) < 4.78 is 56.3. The van der Waals surface area contributed by atoms with Gasteiger partial charge in [0.1, 0.15) is 23.2 Å². The highest BCUT2D eigenvalue weighted by Gasteiger charge is 2.44. The average Bonchev–Trinajstić information content (AvgIpc) is 3.07. The molecule has 1 fully saturated rings. The largest absolute Gasteiger partial charge is 0.336 e. The van der Waals surface area contributed by atoms with Gasteiger partial charge in [0.05, 0.1) is 0 Å². The van der Waals surface area contributed by atoms with E-state index in [1.54, 1.807) is 6.07 Å². The van der Waals surface area contributed by atoms with E-state index in [1.807, 2.05) is 0 Å². The van der Waals surface area contributed by atoms with Gasteiger partial charge in [0.25, 0.3) is 5.91 Å². The maximum Gasteiger partial charge on any atom is 0.336 e. The number of aryl methyl sites for hydroxylation is 1. The Morgan fingerprint density at radius 2 is 1.79 bits per heavy atom. The van der Waals surface area contributed by atoms with E-state index in [0.29, 0.717) is 28.8 Å². The summed E-state index contributed by atoms with van der Waals surface area (Å²) in [6.07, 6.45) is -0.497. The van der Waals surface area contributed by atoms with E-state index < -0.39 is 53.2 Å². The molecule has 0 radical (unpaired) electrons. The number of alkyl halides is 2. The van der Waals surface area contributed by atoms with Crippen LogP contribution in [0.4, 0.5) is 17.6 Å². The molecule has 6 nitrogen and oxygen atoms in total. The quantitative estimate of drug-likeness (QED) is 0.529. The van der Waals surface area contributed by atoms with E-state index in [-0.39, 0.29) is 31.7 Å². The van der Waals surface area contributed by atoms with Crippen molar-refractivity contribution in [1.82, 2.24) is 10.2 Å². The van der Waals surface area contributed by atoms with Crippen LogP contribution in [0, 0.1) is 11.6 Å². The Kier molecular flexibility index (Phi) is 5.77. The minimum atomic E-state index is -4.33. The molecule has 0 spiro atoms. The van der Waals surface area contributed by atoms with Crippen LogP contribution in [-0.2, 0) is 33.3 Å². The van der Waals surface area contributed by atoms with Crippen molar-refractivity contribution in [2.75, 3.05) is 0 Å². The van der Waals surface area contributed by atoms with Crippen LogP contribution >= 0.6 is 0 Å². The van der Waals surface area contributed by atoms with Gasteiger partial charge >= 0.3 is 5.92 Å². The first-order chi connectivity index (χ1) is 15.6. The monoisotopic (exact) mass is 462 g/mol. The number of carbonyl (C=O) groups excluding carboxylic acids is 4. The lowest BCUT2D eigenvalue weighted by Gasteiger charge is -2.29. The smallest absolute Gasteiger partial charge is 0.322 e. The summed E-state index contributed by atoms with van der Waals surface area (Å²) in [5, 5.41) is 2.20. The minimum Gasteiger partial charge on any atom is -0.322 e. The summed E-state index contributed by atoms with van der Waals surface area (Å²) in [6.45, 7) is 0.0961.